The smallest absolute Gasteiger partial charge is 0.161 e. The van der Waals surface area contributed by atoms with Crippen LogP contribution in [-0.4, -0.2) is 43.3 Å². The van der Waals surface area contributed by atoms with Crippen LogP contribution in [0.25, 0.3) is 0 Å². The summed E-state index contributed by atoms with van der Waals surface area (Å²) in [6, 6.07) is -4.90. The lowest BCUT2D eigenvalue weighted by atomic mass is 9.79. The van der Waals surface area contributed by atoms with Crippen LogP contribution in [0.3, 0.4) is 0 Å². The van der Waals surface area contributed by atoms with Gasteiger partial charge in [-0.15, -0.1) is 0 Å². The Hall–Kier alpha value is -1.26. The van der Waals surface area contributed by atoms with Crippen LogP contribution in [0.5, 0.6) is 11.5 Å². The van der Waals surface area contributed by atoms with Gasteiger partial charge in [-0.3, -0.25) is 4.90 Å². The first-order chi connectivity index (χ1) is 19.6. The molecule has 0 spiro atoms. The van der Waals surface area contributed by atoms with E-state index in [0.717, 1.165) is 7.11 Å². The second-order valence-electron chi connectivity index (χ2n) is 4.74. The molecule has 1 saturated heterocycles. The van der Waals surface area contributed by atoms with Gasteiger partial charge in [-0.2, -0.15) is 0 Å². The average Bonchev–Trinajstić information content (AvgIpc) is 2.81. The van der Waals surface area contributed by atoms with Gasteiger partial charge in [0.15, 0.2) is 11.5 Å². The quantitative estimate of drug-likeness (QED) is 0.914. The normalized spacial score (nSPS) is 57.2. The van der Waals surface area contributed by atoms with Crippen molar-refractivity contribution in [2.75, 3.05) is 27.2 Å². The number of aliphatic hydroxyl groups is 1. The second kappa shape index (κ2) is 6.70. The Balaban J connectivity index is 2.54. The number of ether oxygens (including phenoxy) is 2. The van der Waals surface area contributed by atoms with E-state index in [0.29, 0.717) is 0 Å². The van der Waals surface area contributed by atoms with Gasteiger partial charge in [0.1, 0.15) is 0 Å². The molecular weight excluding hydrogens is 290 g/mol. The molecule has 0 bridgehead atoms. The Kier molecular flexibility index (Phi) is 1.30. The molecule has 1 aromatic carbocycles. The van der Waals surface area contributed by atoms with Crippen LogP contribution in [0.15, 0.2) is 12.1 Å². The minimum Gasteiger partial charge on any atom is -0.493 e. The third-order valence-corrected chi connectivity index (χ3v) is 3.34. The lowest BCUT2D eigenvalue weighted by Crippen LogP contribution is -2.48. The molecule has 1 aromatic rings. The number of rotatable bonds is 4. The number of benzene rings is 1. The van der Waals surface area contributed by atoms with Gasteiger partial charge in [-0.25, -0.2) is 0 Å². The summed E-state index contributed by atoms with van der Waals surface area (Å²) in [5.74, 6) is -10.4. The van der Waals surface area contributed by atoms with E-state index in [4.69, 9.17) is 39.6 Å². The molecule has 0 radical (unpaired) electrons. The van der Waals surface area contributed by atoms with E-state index in [1.54, 1.807) is 0 Å². The summed E-state index contributed by atoms with van der Waals surface area (Å²) < 4.78 is 191. The zero-order valence-electron chi connectivity index (χ0n) is 34.0. The minimum atomic E-state index is -4.42. The highest BCUT2D eigenvalue weighted by Crippen LogP contribution is 2.43. The van der Waals surface area contributed by atoms with Gasteiger partial charge in [0.25, 0.3) is 0 Å². The predicted molar refractivity (Wildman–Crippen MR) is 91.1 cm³/mol. The first-order valence-electron chi connectivity index (χ1n) is 17.5. The van der Waals surface area contributed by atoms with Gasteiger partial charge in [-0.1, -0.05) is 13.7 Å². The van der Waals surface area contributed by atoms with Gasteiger partial charge in [0, 0.05) is 41.0 Å². The van der Waals surface area contributed by atoms with Gasteiger partial charge >= 0.3 is 0 Å². The van der Waals surface area contributed by atoms with Crippen molar-refractivity contribution in [3.63, 3.8) is 0 Å². The zero-order chi connectivity index (χ0) is 35.7. The molecule has 3 rings (SSSR count). The van der Waals surface area contributed by atoms with E-state index in [1.807, 2.05) is 0 Å². The van der Waals surface area contributed by atoms with Crippen molar-refractivity contribution in [1.82, 2.24) is 4.90 Å². The average molecular weight is 342 g/mol. The number of hydrogen-bond donors (Lipinski definition) is 1. The number of piperidine rings is 1. The van der Waals surface area contributed by atoms with Gasteiger partial charge in [0.2, 0.25) is 0 Å². The van der Waals surface area contributed by atoms with Crippen LogP contribution in [0.1, 0.15) is 73.8 Å². The molecule has 23 heavy (non-hydrogen) atoms. The molecule has 1 N–H and O–H groups in total. The number of hydrogen-bond acceptors (Lipinski definition) is 4. The molecular formula is C19H29NO3. The van der Waals surface area contributed by atoms with E-state index < -0.39 is 112 Å². The summed E-state index contributed by atoms with van der Waals surface area (Å²) in [4.78, 5) is 0.0594. The third-order valence-electron chi connectivity index (χ3n) is 3.34. The Bertz CT molecular complexity index is 1350. The molecule has 3 unspecified atom stereocenters. The Morgan fingerprint density at radius 1 is 1.57 bits per heavy atom. The minimum absolute atomic E-state index is 0.0594. The molecule has 2 aliphatic rings. The highest BCUT2D eigenvalue weighted by atomic mass is 16.5. The SMILES string of the molecule is [2H]c1c(OC)c(OC([2H])([2H])[2H])c([2H])c2c1C1N(CC([2H])(C([2H])([2H])C([2H])(C([2H])([2H])[2H])C([2H])([2H])[2H])C([2H])(O)C1([2H])[2H])C([2H])([2H])C2([2H])[2H]. The molecule has 0 aliphatic carbocycles. The summed E-state index contributed by atoms with van der Waals surface area (Å²) in [5, 5.41) is 11.4. The fourth-order valence-electron chi connectivity index (χ4n) is 2.34. The Morgan fingerprint density at radius 2 is 2.39 bits per heavy atom. The van der Waals surface area contributed by atoms with E-state index in [9.17, 15) is 5.11 Å². The van der Waals surface area contributed by atoms with Crippen LogP contribution >= 0.6 is 0 Å². The fraction of sp³-hybridized carbons (Fsp3) is 0.684. The first-order valence-corrected chi connectivity index (χ1v) is 6.47. The van der Waals surface area contributed by atoms with Crippen LogP contribution in [0.2, 0.25) is 0 Å². The monoisotopic (exact) mass is 341 g/mol. The summed E-state index contributed by atoms with van der Waals surface area (Å²) in [6.45, 7) is -13.8. The van der Waals surface area contributed by atoms with Crippen LogP contribution < -0.4 is 9.47 Å². The van der Waals surface area contributed by atoms with Gasteiger partial charge in [0.05, 0.1) is 28.5 Å². The van der Waals surface area contributed by atoms with E-state index in [1.165, 1.54) is 0 Å². The van der Waals surface area contributed by atoms with Crippen LogP contribution in [0.4, 0.5) is 0 Å². The van der Waals surface area contributed by atoms with E-state index in [2.05, 4.69) is 0 Å². The summed E-state index contributed by atoms with van der Waals surface area (Å²) in [7, 11) is -2.45. The Morgan fingerprint density at radius 3 is 3.13 bits per heavy atom. The largest absolute Gasteiger partial charge is 0.493 e. The molecule has 0 amide bonds. The highest BCUT2D eigenvalue weighted by molar-refractivity contribution is 5.49. The summed E-state index contributed by atoms with van der Waals surface area (Å²) in [6.07, 6.45) is -16.3. The molecule has 1 fully saturated rings. The number of methoxy groups -OCH3 is 2. The molecule has 4 heteroatoms. The van der Waals surface area contributed by atoms with E-state index >= 15 is 0 Å². The van der Waals surface area contributed by atoms with E-state index in [-0.39, 0.29) is 4.90 Å². The molecule has 3 atom stereocenters. The van der Waals surface area contributed by atoms with Gasteiger partial charge < -0.3 is 14.6 Å². The van der Waals surface area contributed by atoms with Crippen LogP contribution in [0, 0.1) is 11.8 Å². The van der Waals surface area contributed by atoms with Crippen molar-refractivity contribution in [1.29, 1.82) is 0 Å². The fourth-order valence-corrected chi connectivity index (χ4v) is 2.34. The summed E-state index contributed by atoms with van der Waals surface area (Å²) in [5.41, 5.74) is -2.16. The topological polar surface area (TPSA) is 41.9 Å². The van der Waals surface area contributed by atoms with Crippen molar-refractivity contribution in [3.05, 3.63) is 23.2 Å². The first kappa shape index (κ1) is 4.47. The van der Waals surface area contributed by atoms with Crippen molar-refractivity contribution >= 4 is 0 Å². The maximum atomic E-state index is 11.4. The van der Waals surface area contributed by atoms with Crippen LogP contribution in [-0.2, 0) is 6.37 Å². The number of fused-ring (bicyclic) bond motifs is 3. The lowest BCUT2D eigenvalue weighted by molar-refractivity contribution is -0.0191. The van der Waals surface area contributed by atoms with Gasteiger partial charge in [-0.05, 0) is 54.1 Å². The maximum Gasteiger partial charge on any atom is 0.161 e. The van der Waals surface area contributed by atoms with Crippen molar-refractivity contribution in [3.8, 4) is 11.5 Å². The number of nitrogens with zero attached hydrogens (tertiary/aromatic N) is 1. The standard InChI is InChI=1S/C19H29NO3/c1-12(2)7-14-11-20-6-5-13-8-18(22-3)19(23-4)9-15(13)16(20)10-17(14)21/h8-9,12,14,16-17,21H,5-7,10-11H2,1-4H3/i1D3,2D3,3D3,5D2,6D2,7D2,8D,9D,10D2,12D,14D,17D. The molecule has 128 valence electrons. The molecule has 2 heterocycles. The summed E-state index contributed by atoms with van der Waals surface area (Å²) >= 11 is 0. The van der Waals surface area contributed by atoms with Crippen molar-refractivity contribution in [2.45, 2.75) is 44.9 Å². The Labute approximate surface area is 170 Å². The highest BCUT2D eigenvalue weighted by Gasteiger charge is 2.38. The maximum absolute atomic E-state index is 11.4. The lowest BCUT2D eigenvalue weighted by Gasteiger charge is -2.46. The molecule has 4 nitrogen and oxygen atoms in total. The van der Waals surface area contributed by atoms with Crippen molar-refractivity contribution < 1.29 is 44.7 Å². The third kappa shape index (κ3) is 3.20. The second-order valence-corrected chi connectivity index (χ2v) is 4.74. The molecule has 0 aromatic heterocycles. The zero-order valence-corrected chi connectivity index (χ0v) is 12.0. The van der Waals surface area contributed by atoms with Crippen molar-refractivity contribution in [2.24, 2.45) is 11.8 Å². The molecule has 2 aliphatic heterocycles. The predicted octanol–water partition coefficient (Wildman–Crippen LogP) is 3.03. The molecule has 0 saturated carbocycles.